The molecule has 0 aliphatic rings. The van der Waals surface area contributed by atoms with Crippen molar-refractivity contribution < 1.29 is 14.3 Å². The number of benzene rings is 1. The molecule has 2 N–H and O–H groups in total. The normalized spacial score (nSPS) is 10.3. The average molecular weight is 361 g/mol. The summed E-state index contributed by atoms with van der Waals surface area (Å²) in [6.07, 6.45) is 0.408. The lowest BCUT2D eigenvalue weighted by Gasteiger charge is -2.06. The van der Waals surface area contributed by atoms with E-state index in [4.69, 9.17) is 4.74 Å². The van der Waals surface area contributed by atoms with Gasteiger partial charge >= 0.3 is 6.09 Å². The standard InChI is InChI=1S/C18H23N3O3S/c1-3-24-18(23)20-11-9-16(22)19-10-8-15-12-25-17(21-15)14-6-4-13(2)5-7-14/h4-7,12H,3,8-11H2,1-2H3,(H,19,22)(H,20,23). The van der Waals surface area contributed by atoms with Gasteiger partial charge in [-0.15, -0.1) is 11.3 Å². The van der Waals surface area contributed by atoms with Crippen LogP contribution in [0.3, 0.4) is 0 Å². The maximum atomic E-state index is 11.7. The Balaban J connectivity index is 1.69. The molecule has 2 amide bonds. The molecule has 134 valence electrons. The van der Waals surface area contributed by atoms with Gasteiger partial charge in [0.15, 0.2) is 0 Å². The molecular weight excluding hydrogens is 338 g/mol. The van der Waals surface area contributed by atoms with Crippen molar-refractivity contribution in [3.05, 3.63) is 40.9 Å². The molecule has 2 aromatic rings. The first-order valence-corrected chi connectivity index (χ1v) is 9.15. The van der Waals surface area contributed by atoms with Gasteiger partial charge in [-0.2, -0.15) is 0 Å². The molecule has 0 fully saturated rings. The van der Waals surface area contributed by atoms with Crippen molar-refractivity contribution in [1.82, 2.24) is 15.6 Å². The van der Waals surface area contributed by atoms with Gasteiger partial charge in [-0.25, -0.2) is 9.78 Å². The van der Waals surface area contributed by atoms with Crippen LogP contribution in [0.1, 0.15) is 24.6 Å². The Morgan fingerprint density at radius 3 is 2.64 bits per heavy atom. The monoisotopic (exact) mass is 361 g/mol. The summed E-state index contributed by atoms with van der Waals surface area (Å²) in [5.74, 6) is -0.106. The van der Waals surface area contributed by atoms with Crippen LogP contribution < -0.4 is 10.6 Å². The van der Waals surface area contributed by atoms with Crippen LogP contribution in [0, 0.1) is 6.92 Å². The summed E-state index contributed by atoms with van der Waals surface area (Å²) in [7, 11) is 0. The van der Waals surface area contributed by atoms with E-state index in [9.17, 15) is 9.59 Å². The highest BCUT2D eigenvalue weighted by Gasteiger charge is 2.07. The van der Waals surface area contributed by atoms with Gasteiger partial charge in [0.1, 0.15) is 5.01 Å². The predicted molar refractivity (Wildman–Crippen MR) is 98.6 cm³/mol. The molecule has 25 heavy (non-hydrogen) atoms. The smallest absolute Gasteiger partial charge is 0.407 e. The van der Waals surface area contributed by atoms with Crippen LogP contribution in [0.4, 0.5) is 4.79 Å². The van der Waals surface area contributed by atoms with Crippen molar-refractivity contribution in [3.8, 4) is 10.6 Å². The number of rotatable bonds is 8. The van der Waals surface area contributed by atoms with Gasteiger partial charge in [0.2, 0.25) is 5.91 Å². The molecule has 1 heterocycles. The van der Waals surface area contributed by atoms with Crippen molar-refractivity contribution in [2.45, 2.75) is 26.7 Å². The molecule has 0 saturated heterocycles. The molecule has 0 atom stereocenters. The van der Waals surface area contributed by atoms with Crippen LogP contribution in [0.15, 0.2) is 29.6 Å². The van der Waals surface area contributed by atoms with Crippen molar-refractivity contribution in [2.75, 3.05) is 19.7 Å². The highest BCUT2D eigenvalue weighted by molar-refractivity contribution is 7.13. The van der Waals surface area contributed by atoms with Crippen molar-refractivity contribution in [1.29, 1.82) is 0 Å². The molecule has 1 aromatic heterocycles. The predicted octanol–water partition coefficient (Wildman–Crippen LogP) is 2.91. The first-order valence-electron chi connectivity index (χ1n) is 8.27. The van der Waals surface area contributed by atoms with E-state index < -0.39 is 6.09 Å². The summed E-state index contributed by atoms with van der Waals surface area (Å²) >= 11 is 1.60. The summed E-state index contributed by atoms with van der Waals surface area (Å²) in [5.41, 5.74) is 3.29. The largest absolute Gasteiger partial charge is 0.450 e. The summed E-state index contributed by atoms with van der Waals surface area (Å²) < 4.78 is 4.72. The number of ether oxygens (including phenoxy) is 1. The average Bonchev–Trinajstić information content (AvgIpc) is 3.04. The number of amides is 2. The molecule has 0 saturated carbocycles. The molecule has 6 nitrogen and oxygen atoms in total. The second-order valence-electron chi connectivity index (χ2n) is 5.51. The Kier molecular flexibility index (Phi) is 7.40. The highest BCUT2D eigenvalue weighted by atomic mass is 32.1. The van der Waals surface area contributed by atoms with Crippen LogP contribution in [-0.2, 0) is 16.0 Å². The van der Waals surface area contributed by atoms with Crippen molar-refractivity contribution in [3.63, 3.8) is 0 Å². The van der Waals surface area contributed by atoms with E-state index in [1.165, 1.54) is 5.56 Å². The quantitative estimate of drug-likeness (QED) is 0.758. The third kappa shape index (κ3) is 6.54. The summed E-state index contributed by atoms with van der Waals surface area (Å²) in [4.78, 5) is 27.4. The lowest BCUT2D eigenvalue weighted by atomic mass is 10.2. The maximum Gasteiger partial charge on any atom is 0.407 e. The molecule has 7 heteroatoms. The minimum absolute atomic E-state index is 0.106. The number of aromatic nitrogens is 1. The Morgan fingerprint density at radius 2 is 1.92 bits per heavy atom. The number of carbonyl (C=O) groups excluding carboxylic acids is 2. The van der Waals surface area contributed by atoms with Gasteiger partial charge in [0, 0.05) is 36.9 Å². The number of aryl methyl sites for hydroxylation is 1. The second kappa shape index (κ2) is 9.78. The maximum absolute atomic E-state index is 11.7. The molecule has 0 bridgehead atoms. The fourth-order valence-electron chi connectivity index (χ4n) is 2.13. The first kappa shape index (κ1) is 18.9. The Bertz CT molecular complexity index is 698. The van der Waals surface area contributed by atoms with Crippen molar-refractivity contribution in [2.24, 2.45) is 0 Å². The Labute approximate surface area is 151 Å². The SMILES string of the molecule is CCOC(=O)NCCC(=O)NCCc1csc(-c2ccc(C)cc2)n1. The molecule has 0 aliphatic heterocycles. The number of alkyl carbamates (subject to hydrolysis) is 1. The number of nitrogens with one attached hydrogen (secondary N) is 2. The number of hydrogen-bond donors (Lipinski definition) is 2. The molecular formula is C18H23N3O3S. The first-order chi connectivity index (χ1) is 12.1. The second-order valence-corrected chi connectivity index (χ2v) is 6.37. The number of thiazole rings is 1. The summed E-state index contributed by atoms with van der Waals surface area (Å²) in [6.45, 7) is 4.89. The topological polar surface area (TPSA) is 80.3 Å². The molecule has 0 aliphatic carbocycles. The minimum atomic E-state index is -0.499. The zero-order valence-electron chi connectivity index (χ0n) is 14.5. The van der Waals surface area contributed by atoms with E-state index in [2.05, 4.69) is 46.8 Å². The third-order valence-corrected chi connectivity index (χ3v) is 4.39. The van der Waals surface area contributed by atoms with Crippen LogP contribution in [0.5, 0.6) is 0 Å². The zero-order chi connectivity index (χ0) is 18.1. The zero-order valence-corrected chi connectivity index (χ0v) is 15.3. The molecule has 0 radical (unpaired) electrons. The van der Waals surface area contributed by atoms with Gasteiger partial charge in [0.25, 0.3) is 0 Å². The van der Waals surface area contributed by atoms with Gasteiger partial charge in [0.05, 0.1) is 12.3 Å². The molecule has 0 spiro atoms. The van der Waals surface area contributed by atoms with Crippen molar-refractivity contribution >= 4 is 23.3 Å². The Morgan fingerprint density at radius 1 is 1.16 bits per heavy atom. The van der Waals surface area contributed by atoms with Crippen LogP contribution in [0.25, 0.3) is 10.6 Å². The number of hydrogen-bond acceptors (Lipinski definition) is 5. The van der Waals surface area contributed by atoms with Gasteiger partial charge in [-0.05, 0) is 13.8 Å². The molecule has 1 aromatic carbocycles. The lowest BCUT2D eigenvalue weighted by Crippen LogP contribution is -2.32. The minimum Gasteiger partial charge on any atom is -0.450 e. The third-order valence-electron chi connectivity index (χ3n) is 3.45. The number of nitrogens with zero attached hydrogens (tertiary/aromatic N) is 1. The lowest BCUT2D eigenvalue weighted by molar-refractivity contribution is -0.120. The van der Waals surface area contributed by atoms with E-state index in [0.717, 1.165) is 16.3 Å². The van der Waals surface area contributed by atoms with Crippen LogP contribution in [-0.4, -0.2) is 36.7 Å². The summed E-state index contributed by atoms with van der Waals surface area (Å²) in [5, 5.41) is 8.35. The highest BCUT2D eigenvalue weighted by Crippen LogP contribution is 2.24. The van der Waals surface area contributed by atoms with E-state index in [1.807, 2.05) is 5.38 Å². The van der Waals surface area contributed by atoms with Crippen LogP contribution >= 0.6 is 11.3 Å². The molecule has 0 unspecified atom stereocenters. The Hall–Kier alpha value is -2.41. The van der Waals surface area contributed by atoms with E-state index in [0.29, 0.717) is 19.6 Å². The fourth-order valence-corrected chi connectivity index (χ4v) is 2.99. The van der Waals surface area contributed by atoms with Gasteiger partial charge < -0.3 is 15.4 Å². The van der Waals surface area contributed by atoms with Gasteiger partial charge in [-0.1, -0.05) is 29.8 Å². The van der Waals surface area contributed by atoms with E-state index >= 15 is 0 Å². The van der Waals surface area contributed by atoms with E-state index in [1.54, 1.807) is 18.3 Å². The fraction of sp³-hybridized carbons (Fsp3) is 0.389. The van der Waals surface area contributed by atoms with E-state index in [-0.39, 0.29) is 18.9 Å². The van der Waals surface area contributed by atoms with Crippen LogP contribution in [0.2, 0.25) is 0 Å². The van der Waals surface area contributed by atoms with Gasteiger partial charge in [-0.3, -0.25) is 4.79 Å². The summed E-state index contributed by atoms with van der Waals surface area (Å²) in [6, 6.07) is 8.27. The molecule has 2 rings (SSSR count). The number of carbonyl (C=O) groups is 2.